The first-order valence-corrected chi connectivity index (χ1v) is 18.1. The third-order valence-corrected chi connectivity index (χ3v) is 8.66. The van der Waals surface area contributed by atoms with Gasteiger partial charge in [-0.25, -0.2) is 0 Å². The molecule has 0 aromatic heterocycles. The molecule has 48 heavy (non-hydrogen) atoms. The Kier molecular flexibility index (Phi) is 19.4. The molecule has 10 heteroatoms. The molecule has 4 amide bonds. The molecule has 2 aromatic rings. The molecule has 0 saturated heterocycles. The zero-order valence-electron chi connectivity index (χ0n) is 29.3. The molecule has 0 heterocycles. The van der Waals surface area contributed by atoms with Crippen molar-refractivity contribution in [3.63, 3.8) is 0 Å². The van der Waals surface area contributed by atoms with Crippen molar-refractivity contribution in [2.75, 3.05) is 0 Å². The summed E-state index contributed by atoms with van der Waals surface area (Å²) < 4.78 is 0. The molecular weight excluding hydrogens is 608 g/mol. The van der Waals surface area contributed by atoms with Crippen LogP contribution in [0.25, 0.3) is 0 Å². The first kappa shape index (κ1) is 40.1. The Morgan fingerprint density at radius 3 is 1.31 bits per heavy atom. The zero-order chi connectivity index (χ0) is 35.1. The molecule has 2 rings (SSSR count). The second-order valence-corrected chi connectivity index (χ2v) is 12.6. The van der Waals surface area contributed by atoms with Gasteiger partial charge in [-0.15, -0.1) is 0 Å². The lowest BCUT2D eigenvalue weighted by Gasteiger charge is -2.18. The number of amides is 4. The number of nitrogens with one attached hydrogen (secondary N) is 4. The number of hydrazine groups is 2. The highest BCUT2D eigenvalue weighted by molar-refractivity contribution is 6.04. The van der Waals surface area contributed by atoms with E-state index in [2.05, 4.69) is 42.5 Å². The molecule has 0 radical (unpaired) electrons. The standard InChI is InChI=1S/C38H58N4O6/c1-4-7-10-13-14-15-18-25-32(37(47)41-39-35(45)30-26-19-23-28(33(30)43)21-16-11-8-5-2)38(48)42-40-36(46)31-27-20-24-29(34(31)44)22-17-12-9-6-3/h19-20,23-24,26-27,32,43-44H,4-18,21-22,25H2,1-3H3,(H,39,45)(H,40,46)(H,41,47)(H,42,48). The predicted octanol–water partition coefficient (Wildman–Crippen LogP) is 7.32. The summed E-state index contributed by atoms with van der Waals surface area (Å²) in [5.74, 6) is -4.36. The SMILES string of the molecule is CCCCCCCCCC(C(=O)NNC(=O)c1cccc(CCCCCC)c1O)C(=O)NNC(=O)c1cccc(CCCCCC)c1O. The first-order chi connectivity index (χ1) is 23.2. The van der Waals surface area contributed by atoms with Crippen molar-refractivity contribution in [1.82, 2.24) is 21.7 Å². The zero-order valence-corrected chi connectivity index (χ0v) is 29.3. The molecule has 0 saturated carbocycles. The number of rotatable bonds is 22. The van der Waals surface area contributed by atoms with Crippen LogP contribution in [0.1, 0.15) is 155 Å². The minimum absolute atomic E-state index is 0.0241. The quantitative estimate of drug-likeness (QED) is 0.0439. The molecule has 0 aliphatic rings. The second-order valence-electron chi connectivity index (χ2n) is 12.6. The highest BCUT2D eigenvalue weighted by Gasteiger charge is 2.28. The molecule has 0 spiro atoms. The van der Waals surface area contributed by atoms with Crippen LogP contribution in [-0.2, 0) is 22.4 Å². The van der Waals surface area contributed by atoms with Gasteiger partial charge >= 0.3 is 0 Å². The average Bonchev–Trinajstić information content (AvgIpc) is 3.08. The van der Waals surface area contributed by atoms with Gasteiger partial charge in [0.15, 0.2) is 0 Å². The summed E-state index contributed by atoms with van der Waals surface area (Å²) in [4.78, 5) is 52.4. The fraction of sp³-hybridized carbons (Fsp3) is 0.579. The van der Waals surface area contributed by atoms with Crippen LogP contribution in [0.15, 0.2) is 36.4 Å². The second kappa shape index (κ2) is 23.3. The summed E-state index contributed by atoms with van der Waals surface area (Å²) in [6.07, 6.45) is 16.6. The largest absolute Gasteiger partial charge is 0.507 e. The number of carbonyl (C=O) groups excluding carboxylic acids is 4. The molecule has 0 bridgehead atoms. The summed E-state index contributed by atoms with van der Waals surface area (Å²) in [5, 5.41) is 21.4. The van der Waals surface area contributed by atoms with Crippen molar-refractivity contribution < 1.29 is 29.4 Å². The number of para-hydroxylation sites is 2. The van der Waals surface area contributed by atoms with Gasteiger partial charge in [0.1, 0.15) is 17.4 Å². The normalized spacial score (nSPS) is 10.9. The fourth-order valence-corrected chi connectivity index (χ4v) is 5.67. The van der Waals surface area contributed by atoms with Crippen LogP contribution in [0.4, 0.5) is 0 Å². The van der Waals surface area contributed by atoms with Crippen LogP contribution >= 0.6 is 0 Å². The van der Waals surface area contributed by atoms with Crippen LogP contribution in [0.3, 0.4) is 0 Å². The van der Waals surface area contributed by atoms with E-state index in [1.165, 1.54) is 18.6 Å². The molecule has 2 aromatic carbocycles. The highest BCUT2D eigenvalue weighted by Crippen LogP contribution is 2.26. The molecule has 0 atom stereocenters. The van der Waals surface area contributed by atoms with Gasteiger partial charge in [0.05, 0.1) is 11.1 Å². The molecule has 0 fully saturated rings. The van der Waals surface area contributed by atoms with Crippen molar-refractivity contribution in [1.29, 1.82) is 0 Å². The van der Waals surface area contributed by atoms with E-state index >= 15 is 0 Å². The fourth-order valence-electron chi connectivity index (χ4n) is 5.67. The van der Waals surface area contributed by atoms with Gasteiger partial charge in [-0.05, 0) is 55.4 Å². The van der Waals surface area contributed by atoms with Crippen LogP contribution < -0.4 is 21.7 Å². The molecule has 0 unspecified atom stereocenters. The first-order valence-electron chi connectivity index (χ1n) is 18.1. The monoisotopic (exact) mass is 666 g/mol. The predicted molar refractivity (Wildman–Crippen MR) is 189 cm³/mol. The van der Waals surface area contributed by atoms with Crippen molar-refractivity contribution in [3.05, 3.63) is 58.7 Å². The van der Waals surface area contributed by atoms with Gasteiger partial charge in [0.25, 0.3) is 23.6 Å². The molecular formula is C38H58N4O6. The number of phenolic OH excluding ortho intramolecular Hbond substituents is 2. The smallest absolute Gasteiger partial charge is 0.273 e. The van der Waals surface area contributed by atoms with E-state index in [1.807, 2.05) is 0 Å². The summed E-state index contributed by atoms with van der Waals surface area (Å²) in [7, 11) is 0. The van der Waals surface area contributed by atoms with Crippen LogP contribution in [0.2, 0.25) is 0 Å². The summed E-state index contributed by atoms with van der Waals surface area (Å²) in [6, 6.07) is 9.87. The van der Waals surface area contributed by atoms with Crippen molar-refractivity contribution in [2.24, 2.45) is 5.92 Å². The van der Waals surface area contributed by atoms with E-state index in [9.17, 15) is 29.4 Å². The number of benzene rings is 2. The number of carbonyl (C=O) groups is 4. The number of unbranched alkanes of at least 4 members (excludes halogenated alkanes) is 12. The lowest BCUT2D eigenvalue weighted by molar-refractivity contribution is -0.136. The minimum atomic E-state index is -1.21. The Hall–Kier alpha value is -4.08. The van der Waals surface area contributed by atoms with Gasteiger partial charge in [-0.3, -0.25) is 40.9 Å². The number of phenols is 2. The maximum atomic E-state index is 13.2. The van der Waals surface area contributed by atoms with E-state index in [1.54, 1.807) is 24.3 Å². The Labute approximate surface area is 286 Å². The minimum Gasteiger partial charge on any atom is -0.507 e. The van der Waals surface area contributed by atoms with Crippen molar-refractivity contribution in [2.45, 2.75) is 136 Å². The third kappa shape index (κ3) is 14.0. The maximum absolute atomic E-state index is 13.2. The third-order valence-electron chi connectivity index (χ3n) is 8.66. The topological polar surface area (TPSA) is 157 Å². The van der Waals surface area contributed by atoms with E-state index in [4.69, 9.17) is 0 Å². The van der Waals surface area contributed by atoms with Gasteiger partial charge in [-0.2, -0.15) is 0 Å². The Balaban J connectivity index is 2.05. The van der Waals surface area contributed by atoms with Crippen LogP contribution in [0, 0.1) is 5.92 Å². The summed E-state index contributed by atoms with van der Waals surface area (Å²) in [5.41, 5.74) is 10.7. The Bertz CT molecular complexity index is 1210. The summed E-state index contributed by atoms with van der Waals surface area (Å²) in [6.45, 7) is 6.40. The number of hydrogen-bond donors (Lipinski definition) is 6. The van der Waals surface area contributed by atoms with Gasteiger partial charge in [-0.1, -0.05) is 129 Å². The number of aryl methyl sites for hydroxylation is 2. The lowest BCUT2D eigenvalue weighted by Crippen LogP contribution is -2.51. The van der Waals surface area contributed by atoms with E-state index in [0.717, 1.165) is 83.5 Å². The van der Waals surface area contributed by atoms with Crippen molar-refractivity contribution >= 4 is 23.6 Å². The van der Waals surface area contributed by atoms with Gasteiger partial charge in [0.2, 0.25) is 0 Å². The molecule has 0 aliphatic carbocycles. The van der Waals surface area contributed by atoms with E-state index in [0.29, 0.717) is 30.4 Å². The number of hydrogen-bond acceptors (Lipinski definition) is 6. The van der Waals surface area contributed by atoms with Crippen LogP contribution in [-0.4, -0.2) is 33.8 Å². The average molecular weight is 667 g/mol. The molecule has 266 valence electrons. The molecule has 0 aliphatic heterocycles. The number of aromatic hydroxyl groups is 2. The van der Waals surface area contributed by atoms with Gasteiger partial charge < -0.3 is 10.2 Å². The van der Waals surface area contributed by atoms with Crippen molar-refractivity contribution in [3.8, 4) is 11.5 Å². The molecule has 6 N–H and O–H groups in total. The maximum Gasteiger partial charge on any atom is 0.273 e. The Morgan fingerprint density at radius 1 is 0.521 bits per heavy atom. The lowest BCUT2D eigenvalue weighted by atomic mass is 9.98. The Morgan fingerprint density at radius 2 is 0.896 bits per heavy atom. The van der Waals surface area contributed by atoms with Gasteiger partial charge in [0, 0.05) is 0 Å². The summed E-state index contributed by atoms with van der Waals surface area (Å²) >= 11 is 0. The highest BCUT2D eigenvalue weighted by atomic mass is 16.3. The van der Waals surface area contributed by atoms with E-state index in [-0.39, 0.29) is 29.0 Å². The van der Waals surface area contributed by atoms with E-state index < -0.39 is 29.5 Å². The van der Waals surface area contributed by atoms with Crippen LogP contribution in [0.5, 0.6) is 11.5 Å². The molecule has 10 nitrogen and oxygen atoms in total.